The first kappa shape index (κ1) is 18.6. The molecular formula is C23H15N3O5. The van der Waals surface area contributed by atoms with E-state index in [-0.39, 0.29) is 18.0 Å². The van der Waals surface area contributed by atoms with Crippen molar-refractivity contribution in [2.75, 3.05) is 6.79 Å². The Morgan fingerprint density at radius 1 is 0.968 bits per heavy atom. The zero-order chi connectivity index (χ0) is 21.4. The number of hydrogen-bond acceptors (Lipinski definition) is 6. The molecule has 0 amide bonds. The Hall–Kier alpha value is -4.46. The molecule has 4 aromatic rings. The third kappa shape index (κ3) is 3.40. The van der Waals surface area contributed by atoms with Gasteiger partial charge < -0.3 is 9.47 Å². The summed E-state index contributed by atoms with van der Waals surface area (Å²) in [6, 6.07) is 18.4. The van der Waals surface area contributed by atoms with Gasteiger partial charge in [-0.3, -0.25) is 19.5 Å². The smallest absolute Gasteiger partial charge is 0.269 e. The zero-order valence-electron chi connectivity index (χ0n) is 16.1. The van der Waals surface area contributed by atoms with Gasteiger partial charge in [-0.05, 0) is 48.0 Å². The molecule has 8 nitrogen and oxygen atoms in total. The maximum absolute atomic E-state index is 13.3. The number of nitrogens with zero attached hydrogens (tertiary/aromatic N) is 3. The summed E-state index contributed by atoms with van der Waals surface area (Å²) in [5.41, 5.74) is 1.59. The number of non-ortho nitro benzene ring substituents is 1. The van der Waals surface area contributed by atoms with E-state index in [9.17, 15) is 14.9 Å². The molecule has 31 heavy (non-hydrogen) atoms. The largest absolute Gasteiger partial charge is 0.454 e. The summed E-state index contributed by atoms with van der Waals surface area (Å²) in [5.74, 6) is 1.74. The van der Waals surface area contributed by atoms with Gasteiger partial charge in [0.15, 0.2) is 11.5 Å². The number of ether oxygens (including phenoxy) is 2. The summed E-state index contributed by atoms with van der Waals surface area (Å²) in [7, 11) is 0. The first-order chi connectivity index (χ1) is 15.1. The van der Waals surface area contributed by atoms with Crippen LogP contribution in [0.1, 0.15) is 11.4 Å². The van der Waals surface area contributed by atoms with Gasteiger partial charge in [0, 0.05) is 12.1 Å². The molecule has 0 saturated carbocycles. The van der Waals surface area contributed by atoms with Crippen LogP contribution in [0.25, 0.3) is 28.7 Å². The van der Waals surface area contributed by atoms with Gasteiger partial charge in [0.1, 0.15) is 5.82 Å². The average molecular weight is 413 g/mol. The lowest BCUT2D eigenvalue weighted by atomic mass is 10.1. The van der Waals surface area contributed by atoms with Crippen molar-refractivity contribution in [1.29, 1.82) is 0 Å². The minimum absolute atomic E-state index is 0.0528. The number of nitro groups is 1. The normalized spacial score (nSPS) is 12.5. The van der Waals surface area contributed by atoms with Crippen LogP contribution in [0.2, 0.25) is 0 Å². The Morgan fingerprint density at radius 3 is 2.55 bits per heavy atom. The highest BCUT2D eigenvalue weighted by atomic mass is 16.7. The SMILES string of the molecule is O=c1c2ccccc2nc(C=Cc2ccc3c(c2)OCO3)n1-c1ccc([N+](=O)[O-])cc1. The lowest BCUT2D eigenvalue weighted by Gasteiger charge is -2.11. The van der Waals surface area contributed by atoms with E-state index < -0.39 is 4.92 Å². The van der Waals surface area contributed by atoms with Crippen LogP contribution in [-0.4, -0.2) is 21.3 Å². The fraction of sp³-hybridized carbons (Fsp3) is 0.0435. The number of benzene rings is 3. The number of hydrogen-bond donors (Lipinski definition) is 0. The minimum atomic E-state index is -0.481. The first-order valence-corrected chi connectivity index (χ1v) is 9.44. The van der Waals surface area contributed by atoms with Crippen LogP contribution in [-0.2, 0) is 0 Å². The molecule has 0 N–H and O–H groups in total. The molecule has 0 bridgehead atoms. The molecule has 152 valence electrons. The fourth-order valence-electron chi connectivity index (χ4n) is 3.42. The van der Waals surface area contributed by atoms with Crippen LogP contribution in [0.4, 0.5) is 5.69 Å². The van der Waals surface area contributed by atoms with Crippen molar-refractivity contribution in [1.82, 2.24) is 9.55 Å². The number of rotatable bonds is 4. The third-order valence-electron chi connectivity index (χ3n) is 4.94. The van der Waals surface area contributed by atoms with E-state index in [0.29, 0.717) is 33.9 Å². The Labute approximate surface area is 175 Å². The molecule has 1 aliphatic heterocycles. The number of fused-ring (bicyclic) bond motifs is 2. The first-order valence-electron chi connectivity index (χ1n) is 9.44. The maximum atomic E-state index is 13.3. The standard InChI is InChI=1S/C23H15N3O5/c27-23-18-3-1-2-4-19(18)24-22(25(23)16-7-9-17(10-8-16)26(28)29)12-6-15-5-11-20-21(13-15)31-14-30-20/h1-13H,14H2. The predicted molar refractivity (Wildman–Crippen MR) is 115 cm³/mol. The molecule has 0 aliphatic carbocycles. The van der Waals surface area contributed by atoms with Gasteiger partial charge in [0.2, 0.25) is 6.79 Å². The van der Waals surface area contributed by atoms with Gasteiger partial charge >= 0.3 is 0 Å². The van der Waals surface area contributed by atoms with Gasteiger partial charge in [0.05, 0.1) is 21.5 Å². The van der Waals surface area contributed by atoms with Crippen molar-refractivity contribution in [2.24, 2.45) is 0 Å². The lowest BCUT2D eigenvalue weighted by Crippen LogP contribution is -2.22. The van der Waals surface area contributed by atoms with Gasteiger partial charge in [-0.1, -0.05) is 24.3 Å². The Balaban J connectivity index is 1.65. The Bertz CT molecular complexity index is 1410. The average Bonchev–Trinajstić information content (AvgIpc) is 3.26. The highest BCUT2D eigenvalue weighted by Gasteiger charge is 2.14. The summed E-state index contributed by atoms with van der Waals surface area (Å²) in [6.07, 6.45) is 3.55. The van der Waals surface area contributed by atoms with E-state index in [4.69, 9.17) is 9.47 Å². The summed E-state index contributed by atoms with van der Waals surface area (Å²) < 4.78 is 12.2. The van der Waals surface area contributed by atoms with Crippen molar-refractivity contribution in [2.45, 2.75) is 0 Å². The zero-order valence-corrected chi connectivity index (χ0v) is 16.1. The summed E-state index contributed by atoms with van der Waals surface area (Å²) in [6.45, 7) is 0.189. The van der Waals surface area contributed by atoms with E-state index in [2.05, 4.69) is 4.98 Å². The number of aromatic nitrogens is 2. The monoisotopic (exact) mass is 413 g/mol. The van der Waals surface area contributed by atoms with Crippen molar-refractivity contribution in [3.8, 4) is 17.2 Å². The molecule has 0 unspecified atom stereocenters. The molecule has 0 saturated heterocycles. The number of nitro benzene ring substituents is 1. The Morgan fingerprint density at radius 2 is 1.74 bits per heavy atom. The van der Waals surface area contributed by atoms with Crippen LogP contribution < -0.4 is 15.0 Å². The van der Waals surface area contributed by atoms with Crippen molar-refractivity contribution in [3.05, 3.63) is 98.6 Å². The molecule has 8 heteroatoms. The highest BCUT2D eigenvalue weighted by Crippen LogP contribution is 2.33. The molecule has 0 radical (unpaired) electrons. The molecule has 5 rings (SSSR count). The molecule has 3 aromatic carbocycles. The summed E-state index contributed by atoms with van der Waals surface area (Å²) in [4.78, 5) is 28.4. The molecule has 2 heterocycles. The quantitative estimate of drug-likeness (QED) is 0.368. The van der Waals surface area contributed by atoms with Gasteiger partial charge in [-0.25, -0.2) is 4.98 Å². The Kier molecular flexibility index (Phi) is 4.44. The topological polar surface area (TPSA) is 96.5 Å². The van der Waals surface area contributed by atoms with E-state index >= 15 is 0 Å². The molecule has 0 spiro atoms. The van der Waals surface area contributed by atoms with E-state index in [1.54, 1.807) is 24.3 Å². The second-order valence-corrected chi connectivity index (χ2v) is 6.85. The van der Waals surface area contributed by atoms with E-state index in [1.807, 2.05) is 30.3 Å². The third-order valence-corrected chi connectivity index (χ3v) is 4.94. The molecule has 0 atom stereocenters. The van der Waals surface area contributed by atoms with Crippen molar-refractivity contribution < 1.29 is 14.4 Å². The lowest BCUT2D eigenvalue weighted by molar-refractivity contribution is -0.384. The molecule has 0 fully saturated rings. The molecule has 1 aliphatic rings. The fourth-order valence-corrected chi connectivity index (χ4v) is 3.42. The van der Waals surface area contributed by atoms with E-state index in [0.717, 1.165) is 5.56 Å². The van der Waals surface area contributed by atoms with E-state index in [1.165, 1.54) is 28.8 Å². The van der Waals surface area contributed by atoms with Gasteiger partial charge in [-0.15, -0.1) is 0 Å². The second kappa shape index (κ2) is 7.42. The minimum Gasteiger partial charge on any atom is -0.454 e. The van der Waals surface area contributed by atoms with Crippen LogP contribution >= 0.6 is 0 Å². The van der Waals surface area contributed by atoms with Crippen LogP contribution in [0.5, 0.6) is 11.5 Å². The van der Waals surface area contributed by atoms with Gasteiger partial charge in [-0.2, -0.15) is 0 Å². The maximum Gasteiger partial charge on any atom is 0.269 e. The molecular weight excluding hydrogens is 398 g/mol. The molecule has 1 aromatic heterocycles. The van der Waals surface area contributed by atoms with Gasteiger partial charge in [0.25, 0.3) is 11.2 Å². The predicted octanol–water partition coefficient (Wildman–Crippen LogP) is 4.19. The van der Waals surface area contributed by atoms with Crippen LogP contribution in [0.15, 0.2) is 71.5 Å². The summed E-state index contributed by atoms with van der Waals surface area (Å²) >= 11 is 0. The van der Waals surface area contributed by atoms with Crippen molar-refractivity contribution >= 4 is 28.7 Å². The van der Waals surface area contributed by atoms with Crippen LogP contribution in [0, 0.1) is 10.1 Å². The van der Waals surface area contributed by atoms with Crippen molar-refractivity contribution in [3.63, 3.8) is 0 Å². The number of para-hydroxylation sites is 1. The van der Waals surface area contributed by atoms with Crippen LogP contribution in [0.3, 0.4) is 0 Å². The second-order valence-electron chi connectivity index (χ2n) is 6.85. The highest BCUT2D eigenvalue weighted by molar-refractivity contribution is 5.80. The summed E-state index contributed by atoms with van der Waals surface area (Å²) in [5, 5.41) is 11.5.